The van der Waals surface area contributed by atoms with Gasteiger partial charge in [0.15, 0.2) is 0 Å². The molecule has 28 heavy (non-hydrogen) atoms. The fourth-order valence-electron chi connectivity index (χ4n) is 3.11. The molecule has 0 unspecified atom stereocenters. The molecule has 1 saturated heterocycles. The second kappa shape index (κ2) is 8.47. The molecule has 4 rings (SSSR count). The van der Waals surface area contributed by atoms with Crippen molar-refractivity contribution in [2.24, 2.45) is 4.99 Å². The average Bonchev–Trinajstić information content (AvgIpc) is 3.21. The highest BCUT2D eigenvalue weighted by Gasteiger charge is 2.18. The number of nitrogens with zero attached hydrogens (tertiary/aromatic N) is 1. The molecule has 0 saturated carbocycles. The zero-order valence-corrected chi connectivity index (χ0v) is 17.3. The normalized spacial score (nSPS) is 17.2. The van der Waals surface area contributed by atoms with Gasteiger partial charge in [0.1, 0.15) is 11.1 Å². The molecule has 0 aliphatic carbocycles. The largest absolute Gasteiger partial charge is 0.438 e. The molecule has 1 N–H and O–H groups in total. The average molecular weight is 462 g/mol. The van der Waals surface area contributed by atoms with Crippen LogP contribution in [0.1, 0.15) is 23.2 Å². The highest BCUT2D eigenvalue weighted by molar-refractivity contribution is 9.10. The number of rotatable bonds is 4. The first-order valence-corrected chi connectivity index (χ1v) is 10.2. The first kappa shape index (κ1) is 19.2. The van der Waals surface area contributed by atoms with Gasteiger partial charge in [-0.25, -0.2) is 4.99 Å². The minimum atomic E-state index is -0.257. The smallest absolute Gasteiger partial charge is 0.256 e. The van der Waals surface area contributed by atoms with Crippen LogP contribution in [0.25, 0.3) is 11.0 Å². The third-order valence-electron chi connectivity index (χ3n) is 4.54. The molecule has 2 aromatic carbocycles. The van der Waals surface area contributed by atoms with Crippen LogP contribution in [0.4, 0.5) is 5.69 Å². The lowest BCUT2D eigenvalue weighted by molar-refractivity contribution is 0.0854. The number of nitrogens with one attached hydrogen (secondary N) is 1. The van der Waals surface area contributed by atoms with Crippen molar-refractivity contribution >= 4 is 50.1 Å². The Labute approximate surface area is 175 Å². The van der Waals surface area contributed by atoms with Gasteiger partial charge in [-0.2, -0.15) is 0 Å². The lowest BCUT2D eigenvalue weighted by Gasteiger charge is -2.11. The van der Waals surface area contributed by atoms with E-state index in [2.05, 4.69) is 26.2 Å². The molecule has 1 fully saturated rings. The molecule has 1 aromatic heterocycles. The van der Waals surface area contributed by atoms with Gasteiger partial charge in [0.2, 0.25) is 5.55 Å². The third-order valence-corrected chi connectivity index (χ3v) is 5.35. The number of hydrogen-bond donors (Lipinski definition) is 1. The van der Waals surface area contributed by atoms with Crippen molar-refractivity contribution in [2.75, 3.05) is 13.2 Å². The molecule has 2 heterocycles. The van der Waals surface area contributed by atoms with Gasteiger partial charge < -0.3 is 14.5 Å². The van der Waals surface area contributed by atoms with E-state index in [0.29, 0.717) is 28.4 Å². The lowest BCUT2D eigenvalue weighted by Crippen LogP contribution is -2.34. The molecule has 1 amide bonds. The highest BCUT2D eigenvalue weighted by atomic mass is 79.9. The number of para-hydroxylation sites is 1. The molecular formula is C21H18BrClN2O3. The Kier molecular flexibility index (Phi) is 5.80. The van der Waals surface area contributed by atoms with Crippen LogP contribution in [0.2, 0.25) is 5.02 Å². The fourth-order valence-corrected chi connectivity index (χ4v) is 3.66. The number of fused-ring (bicyclic) bond motifs is 1. The number of amides is 1. The summed E-state index contributed by atoms with van der Waals surface area (Å²) in [5.41, 5.74) is 1.73. The Hall–Kier alpha value is -2.15. The van der Waals surface area contributed by atoms with Crippen LogP contribution >= 0.6 is 27.5 Å². The zero-order chi connectivity index (χ0) is 19.5. The minimum absolute atomic E-state index is 0.0550. The Morgan fingerprint density at radius 2 is 2.11 bits per heavy atom. The van der Waals surface area contributed by atoms with Crippen molar-refractivity contribution in [2.45, 2.75) is 18.9 Å². The zero-order valence-electron chi connectivity index (χ0n) is 15.0. The summed E-state index contributed by atoms with van der Waals surface area (Å²) in [6, 6.07) is 14.6. The predicted octanol–water partition coefficient (Wildman–Crippen LogP) is 4.99. The van der Waals surface area contributed by atoms with E-state index in [1.807, 2.05) is 30.3 Å². The monoisotopic (exact) mass is 460 g/mol. The lowest BCUT2D eigenvalue weighted by atomic mass is 10.1. The molecule has 1 aliphatic rings. The second-order valence-corrected chi connectivity index (χ2v) is 7.88. The van der Waals surface area contributed by atoms with Crippen molar-refractivity contribution < 1.29 is 13.9 Å². The number of halogens is 2. The first-order chi connectivity index (χ1) is 13.6. The molecule has 0 spiro atoms. The quantitative estimate of drug-likeness (QED) is 0.595. The maximum atomic E-state index is 12.9. The van der Waals surface area contributed by atoms with Gasteiger partial charge in [-0.15, -0.1) is 0 Å². The Balaban J connectivity index is 1.77. The summed E-state index contributed by atoms with van der Waals surface area (Å²) < 4.78 is 12.4. The summed E-state index contributed by atoms with van der Waals surface area (Å²) in [6.45, 7) is 1.20. The van der Waals surface area contributed by atoms with E-state index >= 15 is 0 Å². The highest BCUT2D eigenvalue weighted by Crippen LogP contribution is 2.24. The summed E-state index contributed by atoms with van der Waals surface area (Å²) in [6.07, 6.45) is 2.03. The maximum Gasteiger partial charge on any atom is 0.256 e. The maximum absolute atomic E-state index is 12.9. The van der Waals surface area contributed by atoms with Crippen molar-refractivity contribution in [3.8, 4) is 0 Å². The molecule has 1 atom stereocenters. The number of ether oxygens (including phenoxy) is 1. The van der Waals surface area contributed by atoms with Gasteiger partial charge in [-0.05, 0) is 49.2 Å². The van der Waals surface area contributed by atoms with Crippen LogP contribution in [0.5, 0.6) is 0 Å². The van der Waals surface area contributed by atoms with E-state index in [4.69, 9.17) is 20.8 Å². The fraction of sp³-hybridized carbons (Fsp3) is 0.238. The molecule has 0 radical (unpaired) electrons. The minimum Gasteiger partial charge on any atom is -0.438 e. The van der Waals surface area contributed by atoms with Crippen LogP contribution in [0, 0.1) is 0 Å². The van der Waals surface area contributed by atoms with Crippen molar-refractivity contribution in [1.29, 1.82) is 0 Å². The van der Waals surface area contributed by atoms with Crippen LogP contribution in [0.15, 0.2) is 62.4 Å². The number of hydrogen-bond acceptors (Lipinski definition) is 4. The molecular weight excluding hydrogens is 444 g/mol. The second-order valence-electron chi connectivity index (χ2n) is 6.56. The number of carbonyl (C=O) groups excluding carboxylic acids is 1. The van der Waals surface area contributed by atoms with Crippen LogP contribution < -0.4 is 10.9 Å². The summed E-state index contributed by atoms with van der Waals surface area (Å²) in [5.74, 6) is -0.257. The SMILES string of the molecule is O=C(NC[C@H]1CCCO1)c1cc2cc(Br)ccc2oc1=Nc1ccccc1Cl. The molecule has 144 valence electrons. The van der Waals surface area contributed by atoms with Gasteiger partial charge in [-0.3, -0.25) is 4.79 Å². The molecule has 0 bridgehead atoms. The van der Waals surface area contributed by atoms with E-state index in [1.165, 1.54) is 0 Å². The van der Waals surface area contributed by atoms with E-state index < -0.39 is 0 Å². The van der Waals surface area contributed by atoms with Crippen molar-refractivity contribution in [1.82, 2.24) is 5.32 Å². The van der Waals surface area contributed by atoms with E-state index in [9.17, 15) is 4.79 Å². The van der Waals surface area contributed by atoms with Gasteiger partial charge >= 0.3 is 0 Å². The van der Waals surface area contributed by atoms with Crippen LogP contribution in [0.3, 0.4) is 0 Å². The van der Waals surface area contributed by atoms with E-state index in [1.54, 1.807) is 18.2 Å². The summed E-state index contributed by atoms with van der Waals surface area (Å²) in [5, 5.41) is 4.22. The number of carbonyl (C=O) groups is 1. The summed E-state index contributed by atoms with van der Waals surface area (Å²) >= 11 is 9.69. The molecule has 1 aliphatic heterocycles. The Bertz CT molecular complexity index is 1090. The predicted molar refractivity (Wildman–Crippen MR) is 112 cm³/mol. The van der Waals surface area contributed by atoms with Gasteiger partial charge in [0.05, 0.1) is 16.8 Å². The Morgan fingerprint density at radius 1 is 1.25 bits per heavy atom. The van der Waals surface area contributed by atoms with Gasteiger partial charge in [0.25, 0.3) is 5.91 Å². The van der Waals surface area contributed by atoms with Crippen LogP contribution in [-0.4, -0.2) is 25.2 Å². The van der Waals surface area contributed by atoms with E-state index in [-0.39, 0.29) is 17.6 Å². The third kappa shape index (κ3) is 4.29. The molecule has 7 heteroatoms. The standard InChI is InChI=1S/C21H18BrClN2O3/c22-14-7-8-19-13(10-14)11-16(20(26)24-12-15-4-3-9-27-15)21(28-19)25-18-6-2-1-5-17(18)23/h1-2,5-8,10-11,15H,3-4,9,12H2,(H,24,26)/t15-/m1/s1. The van der Waals surface area contributed by atoms with Crippen molar-refractivity contribution in [3.05, 3.63) is 69.1 Å². The van der Waals surface area contributed by atoms with Gasteiger partial charge in [0, 0.05) is 23.0 Å². The first-order valence-electron chi connectivity index (χ1n) is 9.02. The van der Waals surface area contributed by atoms with E-state index in [0.717, 1.165) is 29.3 Å². The van der Waals surface area contributed by atoms with Crippen molar-refractivity contribution in [3.63, 3.8) is 0 Å². The van der Waals surface area contributed by atoms with Crippen LogP contribution in [-0.2, 0) is 4.74 Å². The summed E-state index contributed by atoms with van der Waals surface area (Å²) in [4.78, 5) is 17.4. The number of benzene rings is 2. The Morgan fingerprint density at radius 3 is 2.89 bits per heavy atom. The summed E-state index contributed by atoms with van der Waals surface area (Å²) in [7, 11) is 0. The topological polar surface area (TPSA) is 63.8 Å². The van der Waals surface area contributed by atoms with Gasteiger partial charge in [-0.1, -0.05) is 39.7 Å². The molecule has 5 nitrogen and oxygen atoms in total. The molecule has 3 aromatic rings.